The van der Waals surface area contributed by atoms with Crippen LogP contribution in [0.25, 0.3) is 0 Å². The van der Waals surface area contributed by atoms with Crippen LogP contribution < -0.4 is 0 Å². The lowest BCUT2D eigenvalue weighted by Gasteiger charge is -2.21. The molecule has 3 heteroatoms. The third-order valence-electron chi connectivity index (χ3n) is 7.21. The van der Waals surface area contributed by atoms with Crippen molar-refractivity contribution in [3.63, 3.8) is 0 Å². The Morgan fingerprint density at radius 1 is 0.439 bits per heavy atom. The van der Waals surface area contributed by atoms with E-state index in [0.29, 0.717) is 16.7 Å². The Morgan fingerprint density at radius 3 is 0.951 bits per heavy atom. The van der Waals surface area contributed by atoms with Crippen LogP contribution in [0.15, 0.2) is 0 Å². The van der Waals surface area contributed by atoms with Crippen molar-refractivity contribution in [1.29, 1.82) is 0 Å². The van der Waals surface area contributed by atoms with Gasteiger partial charge in [0.15, 0.2) is 0 Å². The highest BCUT2D eigenvalue weighted by atomic mass is 16.5. The molecule has 3 atom stereocenters. The third-order valence-corrected chi connectivity index (χ3v) is 7.21. The Balaban J connectivity index is -0.000000529. The Kier molecular flexibility index (Phi) is 33.1. The fraction of sp³-hybridized carbons (Fsp3) is 1.00. The van der Waals surface area contributed by atoms with Gasteiger partial charge >= 0.3 is 0 Å². The average molecular weight is 587 g/mol. The second kappa shape index (κ2) is 29.9. The summed E-state index contributed by atoms with van der Waals surface area (Å²) in [5.41, 5.74) is 0.617. The minimum absolute atomic E-state index is 0.309. The lowest BCUT2D eigenvalue weighted by molar-refractivity contribution is 0.0443. The summed E-state index contributed by atoms with van der Waals surface area (Å²) in [4.78, 5) is 0. The van der Waals surface area contributed by atoms with E-state index in [1.807, 2.05) is 0 Å². The molecule has 1 unspecified atom stereocenters. The largest absolute Gasteiger partial charge is 0.381 e. The van der Waals surface area contributed by atoms with Crippen LogP contribution >= 0.6 is 0 Å². The first-order chi connectivity index (χ1) is 19.2. The van der Waals surface area contributed by atoms with E-state index in [1.54, 1.807) is 0 Å². The molecule has 0 N–H and O–H groups in total. The van der Waals surface area contributed by atoms with Gasteiger partial charge in [0.2, 0.25) is 0 Å². The molecule has 0 aromatic carbocycles. The van der Waals surface area contributed by atoms with E-state index in [4.69, 9.17) is 14.2 Å². The maximum absolute atomic E-state index is 5.75. The normalized spacial score (nSPS) is 14.1. The van der Waals surface area contributed by atoms with Gasteiger partial charge in [-0.15, -0.1) is 0 Å². The Hall–Kier alpha value is -0.120. The first-order valence-corrected chi connectivity index (χ1v) is 17.9. The van der Waals surface area contributed by atoms with Crippen LogP contribution in [-0.2, 0) is 14.2 Å². The third kappa shape index (κ3) is 39.9. The van der Waals surface area contributed by atoms with Gasteiger partial charge < -0.3 is 14.2 Å². The van der Waals surface area contributed by atoms with Crippen molar-refractivity contribution in [3.8, 4) is 0 Å². The van der Waals surface area contributed by atoms with Crippen molar-refractivity contribution in [2.75, 3.05) is 39.6 Å². The molecular formula is C38H82O3. The fourth-order valence-electron chi connectivity index (χ4n) is 4.23. The van der Waals surface area contributed by atoms with Crippen LogP contribution in [0, 0.1) is 34.5 Å². The molecule has 0 aromatic heterocycles. The minimum Gasteiger partial charge on any atom is -0.381 e. The average Bonchev–Trinajstić information content (AvgIpc) is 2.89. The topological polar surface area (TPSA) is 27.7 Å². The molecule has 0 aromatic rings. The van der Waals surface area contributed by atoms with E-state index in [2.05, 4.69) is 96.9 Å². The lowest BCUT2D eigenvalue weighted by Crippen LogP contribution is -2.18. The van der Waals surface area contributed by atoms with Crippen molar-refractivity contribution >= 4 is 0 Å². The van der Waals surface area contributed by atoms with Crippen LogP contribution in [0.5, 0.6) is 0 Å². The summed E-state index contributed by atoms with van der Waals surface area (Å²) in [7, 11) is 0. The molecule has 0 radical (unpaired) electrons. The van der Waals surface area contributed by atoms with Gasteiger partial charge in [-0.2, -0.15) is 0 Å². The first-order valence-electron chi connectivity index (χ1n) is 17.9. The monoisotopic (exact) mass is 587 g/mol. The highest BCUT2D eigenvalue weighted by Gasteiger charge is 2.13. The van der Waals surface area contributed by atoms with Gasteiger partial charge in [0, 0.05) is 26.4 Å². The summed E-state index contributed by atoms with van der Waals surface area (Å²) in [5.74, 6) is 3.01. The van der Waals surface area contributed by atoms with E-state index in [0.717, 1.165) is 57.4 Å². The maximum Gasteiger partial charge on any atom is 0.0514 e. The van der Waals surface area contributed by atoms with Gasteiger partial charge in [-0.05, 0) is 53.8 Å². The second-order valence-corrected chi connectivity index (χ2v) is 15.3. The van der Waals surface area contributed by atoms with Crippen LogP contribution in [-0.4, -0.2) is 39.6 Å². The highest BCUT2D eigenvalue weighted by molar-refractivity contribution is 4.62. The number of unbranched alkanes of at least 4 members (excludes halogenated alkanes) is 3. The number of ether oxygens (including phenoxy) is 3. The van der Waals surface area contributed by atoms with Gasteiger partial charge in [0.1, 0.15) is 0 Å². The highest BCUT2D eigenvalue weighted by Crippen LogP contribution is 2.18. The zero-order chi connectivity index (χ0) is 32.2. The predicted octanol–water partition coefficient (Wildman–Crippen LogP) is 12.4. The Bertz CT molecular complexity index is 457. The molecule has 3 nitrogen and oxygen atoms in total. The van der Waals surface area contributed by atoms with Crippen molar-refractivity contribution < 1.29 is 14.2 Å². The maximum atomic E-state index is 5.75. The quantitative estimate of drug-likeness (QED) is 0.126. The standard InChI is InChI=1S/2C13H28O.C12H26O/c2*1-6-8-9-12(7-2)10-14-11-13(3,4)5;1-5-7-8-12(6-2)10-13-9-11(3)4/h2*12H,6-11H2,1-5H3;11-12H,5-10H2,1-4H3/t2*12-;/m10./s1. The molecule has 0 fully saturated rings. The van der Waals surface area contributed by atoms with Crippen molar-refractivity contribution in [2.24, 2.45) is 34.5 Å². The van der Waals surface area contributed by atoms with Gasteiger partial charge in [0.25, 0.3) is 0 Å². The first kappa shape index (κ1) is 45.3. The molecule has 0 saturated heterocycles. The van der Waals surface area contributed by atoms with Gasteiger partial charge in [-0.25, -0.2) is 0 Å². The van der Waals surface area contributed by atoms with E-state index < -0.39 is 0 Å². The van der Waals surface area contributed by atoms with Crippen molar-refractivity contribution in [1.82, 2.24) is 0 Å². The summed E-state index contributed by atoms with van der Waals surface area (Å²) in [5, 5.41) is 0. The lowest BCUT2D eigenvalue weighted by atomic mass is 9.98. The SMILES string of the molecule is CCCCC(CC)COCC(C)C.CCCC[C@@H](CC)COCC(C)(C)C.CCCC[C@H](CC)COCC(C)(C)C. The minimum atomic E-state index is 0.309. The molecule has 0 saturated carbocycles. The summed E-state index contributed by atoms with van der Waals surface area (Å²) in [6.07, 6.45) is 15.7. The molecule has 0 bridgehead atoms. The van der Waals surface area contributed by atoms with Crippen LogP contribution in [0.2, 0.25) is 0 Å². The summed E-state index contributed by atoms with van der Waals surface area (Å²) in [6.45, 7) is 36.8. The number of hydrogen-bond acceptors (Lipinski definition) is 3. The molecule has 0 spiro atoms. The van der Waals surface area contributed by atoms with Crippen molar-refractivity contribution in [2.45, 2.75) is 174 Å². The molecule has 0 aliphatic heterocycles. The van der Waals surface area contributed by atoms with Gasteiger partial charge in [0.05, 0.1) is 13.2 Å². The Morgan fingerprint density at radius 2 is 0.732 bits per heavy atom. The van der Waals surface area contributed by atoms with E-state index in [1.165, 1.54) is 77.0 Å². The second-order valence-electron chi connectivity index (χ2n) is 15.3. The molecule has 0 rings (SSSR count). The molecule has 0 aliphatic rings. The predicted molar refractivity (Wildman–Crippen MR) is 186 cm³/mol. The van der Waals surface area contributed by atoms with Crippen LogP contribution in [0.3, 0.4) is 0 Å². The summed E-state index contributed by atoms with van der Waals surface area (Å²) in [6, 6.07) is 0. The molecule has 41 heavy (non-hydrogen) atoms. The van der Waals surface area contributed by atoms with Crippen LogP contribution in [0.4, 0.5) is 0 Å². The summed E-state index contributed by atoms with van der Waals surface area (Å²) >= 11 is 0. The Labute approximate surface area is 262 Å². The molecule has 0 amide bonds. The number of hydrogen-bond donors (Lipinski definition) is 0. The fourth-order valence-corrected chi connectivity index (χ4v) is 4.23. The number of rotatable bonds is 22. The van der Waals surface area contributed by atoms with Crippen LogP contribution in [0.1, 0.15) is 174 Å². The van der Waals surface area contributed by atoms with E-state index in [-0.39, 0.29) is 0 Å². The van der Waals surface area contributed by atoms with Gasteiger partial charge in [-0.1, -0.05) is 155 Å². The smallest absolute Gasteiger partial charge is 0.0514 e. The molecule has 252 valence electrons. The zero-order valence-electron chi connectivity index (χ0n) is 31.3. The molecule has 0 heterocycles. The molecule has 0 aliphatic carbocycles. The van der Waals surface area contributed by atoms with Crippen molar-refractivity contribution in [3.05, 3.63) is 0 Å². The van der Waals surface area contributed by atoms with E-state index in [9.17, 15) is 0 Å². The van der Waals surface area contributed by atoms with E-state index >= 15 is 0 Å². The summed E-state index contributed by atoms with van der Waals surface area (Å²) < 4.78 is 17.1. The molecular weight excluding hydrogens is 504 g/mol. The zero-order valence-corrected chi connectivity index (χ0v) is 31.3. The van der Waals surface area contributed by atoms with Gasteiger partial charge in [-0.3, -0.25) is 0 Å².